The maximum absolute atomic E-state index is 12.7. The first-order valence-corrected chi connectivity index (χ1v) is 11.7. The summed E-state index contributed by atoms with van der Waals surface area (Å²) in [5.74, 6) is 0.190. The lowest BCUT2D eigenvalue weighted by molar-refractivity contribution is -0.137. The summed E-state index contributed by atoms with van der Waals surface area (Å²) in [4.78, 5) is 26.9. The third-order valence-corrected chi connectivity index (χ3v) is 6.38. The van der Waals surface area contributed by atoms with Crippen molar-refractivity contribution in [2.75, 3.05) is 25.0 Å². The summed E-state index contributed by atoms with van der Waals surface area (Å²) in [6, 6.07) is 14.7. The van der Waals surface area contributed by atoms with Gasteiger partial charge < -0.3 is 20.6 Å². The van der Waals surface area contributed by atoms with Crippen molar-refractivity contribution in [2.45, 2.75) is 44.2 Å². The predicted octanol–water partition coefficient (Wildman–Crippen LogP) is 3.55. The Labute approximate surface area is 194 Å². The average Bonchev–Trinajstić information content (AvgIpc) is 3.53. The molecule has 2 aromatic rings. The summed E-state index contributed by atoms with van der Waals surface area (Å²) in [6.07, 6.45) is 3.74. The lowest BCUT2D eigenvalue weighted by atomic mass is 10.1. The summed E-state index contributed by atoms with van der Waals surface area (Å²) in [6.45, 7) is 1.86. The first-order valence-electron chi connectivity index (χ1n) is 11.4. The lowest BCUT2D eigenvalue weighted by Gasteiger charge is -2.24. The smallest absolute Gasteiger partial charge is 0.247 e. The van der Waals surface area contributed by atoms with Gasteiger partial charge in [-0.25, -0.2) is 0 Å². The van der Waals surface area contributed by atoms with Gasteiger partial charge in [-0.2, -0.15) is 0 Å². The second kappa shape index (κ2) is 10.5. The molecule has 2 aliphatic rings. The molecule has 6 nitrogen and oxygen atoms in total. The Balaban J connectivity index is 1.21. The Morgan fingerprint density at radius 2 is 1.91 bits per heavy atom. The summed E-state index contributed by atoms with van der Waals surface area (Å²) in [7, 11) is 0. The van der Waals surface area contributed by atoms with Gasteiger partial charge in [0.15, 0.2) is 0 Å². The number of nitrogens with zero attached hydrogens (tertiary/aromatic N) is 1. The van der Waals surface area contributed by atoms with Crippen LogP contribution in [0.1, 0.15) is 42.9 Å². The van der Waals surface area contributed by atoms with Crippen molar-refractivity contribution in [2.24, 2.45) is 5.92 Å². The number of benzene rings is 2. The number of aliphatic hydroxyl groups excluding tert-OH is 1. The van der Waals surface area contributed by atoms with Crippen LogP contribution in [0.3, 0.4) is 0 Å². The number of carbonyl (C=O) groups excluding carboxylic acids is 2. The molecular formula is C25H30ClN3O3. The Morgan fingerprint density at radius 3 is 2.62 bits per heavy atom. The minimum Gasteiger partial charge on any atom is -0.387 e. The maximum Gasteiger partial charge on any atom is 0.247 e. The van der Waals surface area contributed by atoms with E-state index in [2.05, 4.69) is 10.6 Å². The van der Waals surface area contributed by atoms with E-state index >= 15 is 0 Å². The minimum atomic E-state index is -0.603. The van der Waals surface area contributed by atoms with E-state index < -0.39 is 6.10 Å². The fourth-order valence-electron chi connectivity index (χ4n) is 4.15. The van der Waals surface area contributed by atoms with Crippen LogP contribution in [0.25, 0.3) is 0 Å². The number of hydrogen-bond donors (Lipinski definition) is 3. The summed E-state index contributed by atoms with van der Waals surface area (Å²) in [5.41, 5.74) is 2.68. The molecule has 2 fully saturated rings. The van der Waals surface area contributed by atoms with Crippen molar-refractivity contribution in [3.63, 3.8) is 0 Å². The Hall–Kier alpha value is -2.41. The van der Waals surface area contributed by atoms with Crippen molar-refractivity contribution in [1.82, 2.24) is 10.2 Å². The molecule has 32 heavy (non-hydrogen) atoms. The molecular weight excluding hydrogens is 426 g/mol. The molecule has 1 saturated carbocycles. The van der Waals surface area contributed by atoms with Gasteiger partial charge >= 0.3 is 0 Å². The van der Waals surface area contributed by atoms with Gasteiger partial charge in [0.1, 0.15) is 6.04 Å². The molecule has 7 heteroatoms. The minimum absolute atomic E-state index is 0.0964. The molecule has 2 aromatic carbocycles. The van der Waals surface area contributed by atoms with E-state index in [-0.39, 0.29) is 23.8 Å². The van der Waals surface area contributed by atoms with E-state index in [1.807, 2.05) is 36.4 Å². The molecule has 0 spiro atoms. The van der Waals surface area contributed by atoms with Gasteiger partial charge in [-0.05, 0) is 74.0 Å². The molecule has 0 radical (unpaired) electrons. The van der Waals surface area contributed by atoms with E-state index in [1.165, 1.54) is 0 Å². The van der Waals surface area contributed by atoms with Crippen LogP contribution in [0.15, 0.2) is 48.5 Å². The molecule has 170 valence electrons. The summed E-state index contributed by atoms with van der Waals surface area (Å²) < 4.78 is 0. The Morgan fingerprint density at radius 1 is 1.12 bits per heavy atom. The number of carbonyl (C=O) groups is 2. The fourth-order valence-corrected chi connectivity index (χ4v) is 4.35. The van der Waals surface area contributed by atoms with Crippen LogP contribution >= 0.6 is 11.6 Å². The monoisotopic (exact) mass is 455 g/mol. The molecule has 1 aliphatic carbocycles. The van der Waals surface area contributed by atoms with Crippen LogP contribution in [-0.2, 0) is 16.0 Å². The Bertz CT molecular complexity index is 946. The number of halogens is 1. The van der Waals surface area contributed by atoms with Crippen molar-refractivity contribution in [3.8, 4) is 0 Å². The van der Waals surface area contributed by atoms with Crippen molar-refractivity contribution in [3.05, 3.63) is 64.7 Å². The molecule has 1 saturated heterocycles. The molecule has 2 amide bonds. The number of rotatable bonds is 9. The summed E-state index contributed by atoms with van der Waals surface area (Å²) in [5, 5.41) is 17.1. The van der Waals surface area contributed by atoms with Crippen molar-refractivity contribution in [1.29, 1.82) is 0 Å². The zero-order valence-electron chi connectivity index (χ0n) is 18.1. The van der Waals surface area contributed by atoms with E-state index in [9.17, 15) is 14.7 Å². The third kappa shape index (κ3) is 5.88. The van der Waals surface area contributed by atoms with Gasteiger partial charge in [0.25, 0.3) is 0 Å². The first-order chi connectivity index (χ1) is 15.5. The SMILES string of the molecule is O=C(Nc1ccc(CCNCC(O)c2cccc(Cl)c2)cc1)C1CCCN1C(=O)C1CC1. The van der Waals surface area contributed by atoms with E-state index in [4.69, 9.17) is 11.6 Å². The second-order valence-electron chi connectivity index (χ2n) is 8.68. The van der Waals surface area contributed by atoms with Gasteiger partial charge in [0.2, 0.25) is 11.8 Å². The molecule has 2 atom stereocenters. The molecule has 1 aliphatic heterocycles. The highest BCUT2D eigenvalue weighted by molar-refractivity contribution is 6.30. The van der Waals surface area contributed by atoms with Gasteiger partial charge in [0.05, 0.1) is 6.10 Å². The molecule has 4 rings (SSSR count). The first kappa shape index (κ1) is 22.8. The molecule has 3 N–H and O–H groups in total. The van der Waals surface area contributed by atoms with Crippen LogP contribution in [0.5, 0.6) is 0 Å². The van der Waals surface area contributed by atoms with Gasteiger partial charge in [-0.15, -0.1) is 0 Å². The Kier molecular flexibility index (Phi) is 7.45. The van der Waals surface area contributed by atoms with Gasteiger partial charge in [-0.3, -0.25) is 9.59 Å². The predicted molar refractivity (Wildman–Crippen MR) is 126 cm³/mol. The fraction of sp³-hybridized carbons (Fsp3) is 0.440. The number of aliphatic hydroxyl groups is 1. The average molecular weight is 456 g/mol. The lowest BCUT2D eigenvalue weighted by Crippen LogP contribution is -2.43. The zero-order valence-corrected chi connectivity index (χ0v) is 18.9. The van der Waals surface area contributed by atoms with Crippen LogP contribution in [-0.4, -0.2) is 47.5 Å². The van der Waals surface area contributed by atoms with Gasteiger partial charge in [-0.1, -0.05) is 35.9 Å². The standard InChI is InChI=1S/C25H30ClN3O3/c26-20-4-1-3-19(15-20)23(30)16-27-13-12-17-6-10-21(11-7-17)28-24(31)22-5-2-14-29(22)25(32)18-8-9-18/h1,3-4,6-7,10-11,15,18,22-23,27,30H,2,5,8-9,12-14,16H2,(H,28,31). The largest absolute Gasteiger partial charge is 0.387 e. The van der Waals surface area contributed by atoms with Crippen molar-refractivity contribution < 1.29 is 14.7 Å². The van der Waals surface area contributed by atoms with Gasteiger partial charge in [0, 0.05) is 29.7 Å². The molecule has 2 unspecified atom stereocenters. The number of nitrogens with one attached hydrogen (secondary N) is 2. The van der Waals surface area contributed by atoms with Crippen LogP contribution in [0, 0.1) is 5.92 Å². The summed E-state index contributed by atoms with van der Waals surface area (Å²) >= 11 is 5.97. The topological polar surface area (TPSA) is 81.7 Å². The third-order valence-electron chi connectivity index (χ3n) is 6.15. The van der Waals surface area contributed by atoms with E-state index in [0.29, 0.717) is 18.1 Å². The van der Waals surface area contributed by atoms with Crippen LogP contribution in [0.4, 0.5) is 5.69 Å². The zero-order chi connectivity index (χ0) is 22.5. The quantitative estimate of drug-likeness (QED) is 0.505. The van der Waals surface area contributed by atoms with Crippen LogP contribution in [0.2, 0.25) is 5.02 Å². The highest BCUT2D eigenvalue weighted by Crippen LogP contribution is 2.34. The van der Waals surface area contributed by atoms with E-state index in [0.717, 1.165) is 55.5 Å². The molecule has 0 bridgehead atoms. The normalized spacial score (nSPS) is 19.1. The highest BCUT2D eigenvalue weighted by atomic mass is 35.5. The maximum atomic E-state index is 12.7. The number of anilines is 1. The van der Waals surface area contributed by atoms with Crippen LogP contribution < -0.4 is 10.6 Å². The van der Waals surface area contributed by atoms with E-state index in [1.54, 1.807) is 17.0 Å². The molecule has 0 aromatic heterocycles. The van der Waals surface area contributed by atoms with Crippen molar-refractivity contribution >= 4 is 29.1 Å². The number of hydrogen-bond acceptors (Lipinski definition) is 4. The second-order valence-corrected chi connectivity index (χ2v) is 9.11. The number of amides is 2. The number of likely N-dealkylation sites (tertiary alicyclic amines) is 1. The molecule has 1 heterocycles. The highest BCUT2D eigenvalue weighted by Gasteiger charge is 2.40.